The molecule has 1 aromatic heterocycles. The van der Waals surface area contributed by atoms with Crippen molar-refractivity contribution in [2.24, 2.45) is 17.3 Å². The summed E-state index contributed by atoms with van der Waals surface area (Å²) in [5, 5.41) is 51.3. The Morgan fingerprint density at radius 2 is 1.74 bits per heavy atom. The van der Waals surface area contributed by atoms with Crippen LogP contribution in [0.5, 0.6) is 5.75 Å². The van der Waals surface area contributed by atoms with E-state index in [9.17, 15) is 29.6 Å². The van der Waals surface area contributed by atoms with Crippen molar-refractivity contribution < 1.29 is 39.5 Å². The summed E-state index contributed by atoms with van der Waals surface area (Å²) >= 11 is 5.91. The minimum atomic E-state index is -1.67. The SMILES string of the molecule is O=C(Cc1ccc(OCCC2CC3(CCN(c4ncc(Cl)cn4)CC3)C2)cc1F)N1CC(CNCC(O)C(O)C(O)C(O)CO)C1. The highest BCUT2D eigenvalue weighted by Gasteiger charge is 2.45. The first kappa shape index (κ1) is 34.7. The number of aliphatic hydroxyl groups excluding tert-OH is 5. The molecule has 4 unspecified atom stereocenters. The molecule has 4 atom stereocenters. The van der Waals surface area contributed by atoms with E-state index < -0.39 is 36.8 Å². The van der Waals surface area contributed by atoms with Crippen LogP contribution < -0.4 is 15.0 Å². The minimum Gasteiger partial charge on any atom is -0.493 e. The second-order valence-corrected chi connectivity index (χ2v) is 13.6. The number of carbonyl (C=O) groups excluding carboxylic acids is 1. The number of rotatable bonds is 15. The van der Waals surface area contributed by atoms with Crippen LogP contribution in [-0.4, -0.2) is 123 Å². The maximum atomic E-state index is 14.8. The predicted molar refractivity (Wildman–Crippen MR) is 168 cm³/mol. The predicted octanol–water partition coefficient (Wildman–Crippen LogP) is 0.761. The van der Waals surface area contributed by atoms with Gasteiger partial charge in [-0.2, -0.15) is 0 Å². The smallest absolute Gasteiger partial charge is 0.227 e. The molecule has 1 aromatic carbocycles. The highest BCUT2D eigenvalue weighted by atomic mass is 35.5. The zero-order valence-corrected chi connectivity index (χ0v) is 26.6. The number of benzene rings is 1. The van der Waals surface area contributed by atoms with Crippen LogP contribution >= 0.6 is 11.6 Å². The van der Waals surface area contributed by atoms with Gasteiger partial charge in [0.2, 0.25) is 11.9 Å². The third kappa shape index (κ3) is 8.62. The molecule has 12 nitrogen and oxygen atoms in total. The van der Waals surface area contributed by atoms with E-state index >= 15 is 0 Å². The summed E-state index contributed by atoms with van der Waals surface area (Å²) in [5.74, 6) is 1.28. The van der Waals surface area contributed by atoms with Crippen LogP contribution in [0.15, 0.2) is 30.6 Å². The number of nitrogens with zero attached hydrogens (tertiary/aromatic N) is 4. The highest BCUT2D eigenvalue weighted by molar-refractivity contribution is 6.30. The van der Waals surface area contributed by atoms with Crippen LogP contribution in [0.4, 0.5) is 10.3 Å². The van der Waals surface area contributed by atoms with Gasteiger partial charge in [0.1, 0.15) is 29.9 Å². The second kappa shape index (κ2) is 15.5. The molecular formula is C32H45ClFN5O7. The van der Waals surface area contributed by atoms with E-state index in [4.69, 9.17) is 21.4 Å². The lowest BCUT2D eigenvalue weighted by Crippen LogP contribution is -2.55. The van der Waals surface area contributed by atoms with Crippen LogP contribution in [0.25, 0.3) is 0 Å². The van der Waals surface area contributed by atoms with Gasteiger partial charge in [-0.15, -0.1) is 0 Å². The van der Waals surface area contributed by atoms with E-state index in [1.165, 1.54) is 18.9 Å². The number of amides is 1. The van der Waals surface area contributed by atoms with Gasteiger partial charge in [0.25, 0.3) is 0 Å². The van der Waals surface area contributed by atoms with Gasteiger partial charge in [0.05, 0.1) is 43.2 Å². The number of hydrogen-bond donors (Lipinski definition) is 6. The average molecular weight is 666 g/mol. The van der Waals surface area contributed by atoms with E-state index in [0.29, 0.717) is 53.9 Å². The summed E-state index contributed by atoms with van der Waals surface area (Å²) in [6.45, 7) is 3.06. The molecular weight excluding hydrogens is 621 g/mol. The van der Waals surface area contributed by atoms with Crippen molar-refractivity contribution in [2.75, 3.05) is 57.4 Å². The van der Waals surface area contributed by atoms with Gasteiger partial charge in [0.15, 0.2) is 0 Å². The molecule has 1 saturated carbocycles. The summed E-state index contributed by atoms with van der Waals surface area (Å²) in [5.41, 5.74) is 0.708. The lowest BCUT2D eigenvalue weighted by molar-refractivity contribution is -0.136. The van der Waals surface area contributed by atoms with E-state index in [-0.39, 0.29) is 24.8 Å². The molecule has 1 amide bonds. The maximum Gasteiger partial charge on any atom is 0.227 e. The third-order valence-corrected chi connectivity index (χ3v) is 9.94. The van der Waals surface area contributed by atoms with Gasteiger partial charge in [0, 0.05) is 51.3 Å². The van der Waals surface area contributed by atoms with Gasteiger partial charge in [-0.05, 0) is 55.1 Å². The average Bonchev–Trinajstić information content (AvgIpc) is 3.01. The maximum absolute atomic E-state index is 14.8. The molecule has 2 saturated heterocycles. The Morgan fingerprint density at radius 1 is 1.07 bits per heavy atom. The molecule has 0 bridgehead atoms. The van der Waals surface area contributed by atoms with Crippen molar-refractivity contribution in [3.8, 4) is 5.75 Å². The molecule has 3 heterocycles. The lowest BCUT2D eigenvalue weighted by Gasteiger charge is -2.52. The second-order valence-electron chi connectivity index (χ2n) is 13.2. The van der Waals surface area contributed by atoms with Gasteiger partial charge < -0.3 is 45.4 Å². The molecule has 6 N–H and O–H groups in total. The number of aliphatic hydroxyl groups is 5. The minimum absolute atomic E-state index is 0.0389. The summed E-state index contributed by atoms with van der Waals surface area (Å²) in [6, 6.07) is 4.66. The zero-order chi connectivity index (χ0) is 32.8. The quantitative estimate of drug-likeness (QED) is 0.159. The molecule has 5 rings (SSSR count). The summed E-state index contributed by atoms with van der Waals surface area (Å²) < 4.78 is 20.7. The first-order valence-electron chi connectivity index (χ1n) is 16.0. The number of carbonyl (C=O) groups is 1. The number of halogens is 2. The van der Waals surface area contributed by atoms with Crippen molar-refractivity contribution in [2.45, 2.75) is 62.9 Å². The molecule has 3 aliphatic rings. The molecule has 46 heavy (non-hydrogen) atoms. The van der Waals surface area contributed by atoms with E-state index in [2.05, 4.69) is 20.2 Å². The van der Waals surface area contributed by atoms with Crippen molar-refractivity contribution in [1.82, 2.24) is 20.2 Å². The zero-order valence-electron chi connectivity index (χ0n) is 25.8. The molecule has 1 spiro atoms. The summed E-state index contributed by atoms with van der Waals surface area (Å²) in [4.78, 5) is 25.2. The third-order valence-electron chi connectivity index (χ3n) is 9.74. The Labute approximate surface area is 273 Å². The van der Waals surface area contributed by atoms with E-state index in [0.717, 1.165) is 38.3 Å². The van der Waals surface area contributed by atoms with Gasteiger partial charge in [-0.3, -0.25) is 4.79 Å². The van der Waals surface area contributed by atoms with Crippen molar-refractivity contribution in [3.05, 3.63) is 47.0 Å². The van der Waals surface area contributed by atoms with Crippen LogP contribution in [0.2, 0.25) is 5.02 Å². The van der Waals surface area contributed by atoms with Crippen molar-refractivity contribution in [1.29, 1.82) is 0 Å². The number of piperidine rings is 1. The Balaban J connectivity index is 0.943. The Kier molecular flexibility index (Phi) is 11.7. The molecule has 2 aromatic rings. The fourth-order valence-electron chi connectivity index (χ4n) is 6.83. The van der Waals surface area contributed by atoms with Crippen molar-refractivity contribution >= 4 is 23.5 Å². The van der Waals surface area contributed by atoms with Crippen LogP contribution in [0, 0.1) is 23.1 Å². The Morgan fingerprint density at radius 3 is 2.39 bits per heavy atom. The molecule has 14 heteroatoms. The van der Waals surface area contributed by atoms with E-state index in [1.807, 2.05) is 0 Å². The van der Waals surface area contributed by atoms with Gasteiger partial charge in [-0.25, -0.2) is 14.4 Å². The van der Waals surface area contributed by atoms with Gasteiger partial charge in [-0.1, -0.05) is 17.7 Å². The number of hydrogen-bond acceptors (Lipinski definition) is 11. The topological polar surface area (TPSA) is 172 Å². The summed E-state index contributed by atoms with van der Waals surface area (Å²) in [6.07, 6.45) is 2.55. The number of anilines is 1. The van der Waals surface area contributed by atoms with Crippen LogP contribution in [-0.2, 0) is 11.2 Å². The monoisotopic (exact) mass is 665 g/mol. The van der Waals surface area contributed by atoms with Crippen molar-refractivity contribution in [3.63, 3.8) is 0 Å². The fourth-order valence-corrected chi connectivity index (χ4v) is 6.93. The Bertz CT molecular complexity index is 1290. The fraction of sp³-hybridized carbons (Fsp3) is 0.656. The number of ether oxygens (including phenoxy) is 1. The largest absolute Gasteiger partial charge is 0.493 e. The first-order chi connectivity index (χ1) is 22.1. The lowest BCUT2D eigenvalue weighted by atomic mass is 9.57. The van der Waals surface area contributed by atoms with E-state index in [1.54, 1.807) is 29.4 Å². The molecule has 254 valence electrons. The standard InChI is InChI=1S/C32H45ClFN5O7/c33-23-14-36-31(37-15-23)38-6-4-32(5-7-38)11-20(12-32)3-8-46-24-2-1-22(25(34)10-24)9-28(43)39-17-21(18-39)13-35-16-26(41)29(44)30(45)27(42)19-40/h1-2,10,14-15,20-21,26-27,29-30,35,40-42,44-45H,3-9,11-13,16-19H2. The molecule has 0 radical (unpaired) electrons. The summed E-state index contributed by atoms with van der Waals surface area (Å²) in [7, 11) is 0. The number of nitrogens with one attached hydrogen (secondary N) is 1. The normalized spacial score (nSPS) is 20.9. The number of aromatic nitrogens is 2. The number of likely N-dealkylation sites (tertiary alicyclic amines) is 1. The van der Waals surface area contributed by atoms with Crippen LogP contribution in [0.3, 0.4) is 0 Å². The van der Waals surface area contributed by atoms with Crippen LogP contribution in [0.1, 0.15) is 37.7 Å². The molecule has 1 aliphatic carbocycles. The molecule has 2 aliphatic heterocycles. The first-order valence-corrected chi connectivity index (χ1v) is 16.4. The molecule has 3 fully saturated rings. The highest BCUT2D eigenvalue weighted by Crippen LogP contribution is 2.53. The Hall–Kier alpha value is -2.65. The van der Waals surface area contributed by atoms with Gasteiger partial charge >= 0.3 is 0 Å².